The minimum Gasteiger partial charge on any atom is -0.490 e. The zero-order valence-electron chi connectivity index (χ0n) is 16.0. The molecule has 0 spiro atoms. The Morgan fingerprint density at radius 1 is 1.04 bits per heavy atom. The lowest BCUT2D eigenvalue weighted by Crippen LogP contribution is -2.37. The molecule has 0 unspecified atom stereocenters. The highest BCUT2D eigenvalue weighted by Gasteiger charge is 2.00. The van der Waals surface area contributed by atoms with E-state index in [2.05, 4.69) is 27.5 Å². The van der Waals surface area contributed by atoms with Gasteiger partial charge < -0.3 is 20.1 Å². The maximum absolute atomic E-state index is 5.60. The molecular weight excluding hydrogens is 455 g/mol. The van der Waals surface area contributed by atoms with Gasteiger partial charge in [-0.05, 0) is 24.1 Å². The first kappa shape index (κ1) is 23.0. The molecule has 6 nitrogen and oxygen atoms in total. The van der Waals surface area contributed by atoms with Crippen molar-refractivity contribution < 1.29 is 9.47 Å². The summed E-state index contributed by atoms with van der Waals surface area (Å²) in [4.78, 5) is 8.53. The number of aromatic nitrogens is 1. The van der Waals surface area contributed by atoms with E-state index in [1.165, 1.54) is 0 Å². The molecule has 7 heteroatoms. The van der Waals surface area contributed by atoms with Crippen LogP contribution in [0.1, 0.15) is 25.3 Å². The highest BCUT2D eigenvalue weighted by Crippen LogP contribution is 2.09. The Morgan fingerprint density at radius 2 is 1.81 bits per heavy atom. The first-order valence-corrected chi connectivity index (χ1v) is 9.02. The number of halogens is 1. The maximum Gasteiger partial charge on any atom is 0.213 e. The summed E-state index contributed by atoms with van der Waals surface area (Å²) in [7, 11) is 1.77. The highest BCUT2D eigenvalue weighted by atomic mass is 127. The topological polar surface area (TPSA) is 67.8 Å². The largest absolute Gasteiger partial charge is 0.490 e. The lowest BCUT2D eigenvalue weighted by Gasteiger charge is -2.12. The summed E-state index contributed by atoms with van der Waals surface area (Å²) in [5, 5.41) is 6.55. The van der Waals surface area contributed by atoms with Gasteiger partial charge in [-0.15, -0.1) is 24.0 Å². The molecule has 1 aromatic heterocycles. The number of pyridine rings is 1. The molecule has 0 aliphatic rings. The van der Waals surface area contributed by atoms with E-state index in [4.69, 9.17) is 9.47 Å². The van der Waals surface area contributed by atoms with Crippen molar-refractivity contribution in [2.75, 3.05) is 26.8 Å². The number of ether oxygens (including phenoxy) is 2. The van der Waals surface area contributed by atoms with E-state index >= 15 is 0 Å². The monoisotopic (exact) mass is 484 g/mol. The number of para-hydroxylation sites is 1. The molecule has 0 atom stereocenters. The van der Waals surface area contributed by atoms with Gasteiger partial charge in [-0.1, -0.05) is 37.6 Å². The second-order valence-corrected chi connectivity index (χ2v) is 5.72. The molecule has 2 aromatic rings. The minimum absolute atomic E-state index is 0. The number of aliphatic imine (C=N–C) groups is 1. The van der Waals surface area contributed by atoms with Crippen molar-refractivity contribution in [1.82, 2.24) is 15.6 Å². The summed E-state index contributed by atoms with van der Waals surface area (Å²) < 4.78 is 11.2. The first-order chi connectivity index (χ1) is 12.8. The Balaban J connectivity index is 0.00000364. The molecule has 2 N–H and O–H groups in total. The lowest BCUT2D eigenvalue weighted by molar-refractivity contribution is 0.212. The molecule has 0 aliphatic carbocycles. The van der Waals surface area contributed by atoms with E-state index in [1.807, 2.05) is 42.5 Å². The van der Waals surface area contributed by atoms with Gasteiger partial charge in [-0.25, -0.2) is 4.98 Å². The Kier molecular flexibility index (Phi) is 12.0. The van der Waals surface area contributed by atoms with Crippen LogP contribution in [0.4, 0.5) is 0 Å². The SMILES string of the molecule is CCCCNC(=NC)NCc1ccc(OCCOc2ccccc2)nc1.I. The van der Waals surface area contributed by atoms with Crippen molar-refractivity contribution in [2.45, 2.75) is 26.3 Å². The van der Waals surface area contributed by atoms with Crippen LogP contribution >= 0.6 is 24.0 Å². The van der Waals surface area contributed by atoms with Gasteiger partial charge in [0.05, 0.1) is 0 Å². The van der Waals surface area contributed by atoms with Crippen molar-refractivity contribution in [2.24, 2.45) is 4.99 Å². The van der Waals surface area contributed by atoms with Crippen molar-refractivity contribution in [3.8, 4) is 11.6 Å². The average Bonchev–Trinajstić information content (AvgIpc) is 2.70. The molecule has 0 amide bonds. The highest BCUT2D eigenvalue weighted by molar-refractivity contribution is 14.0. The van der Waals surface area contributed by atoms with Crippen molar-refractivity contribution in [3.63, 3.8) is 0 Å². The zero-order chi connectivity index (χ0) is 18.5. The van der Waals surface area contributed by atoms with Crippen LogP contribution in [0.5, 0.6) is 11.6 Å². The van der Waals surface area contributed by atoms with Gasteiger partial charge in [0.2, 0.25) is 5.88 Å². The van der Waals surface area contributed by atoms with Gasteiger partial charge in [0, 0.05) is 32.4 Å². The summed E-state index contributed by atoms with van der Waals surface area (Å²) in [5.74, 6) is 2.24. The van der Waals surface area contributed by atoms with E-state index in [1.54, 1.807) is 13.2 Å². The van der Waals surface area contributed by atoms with Gasteiger partial charge in [0.25, 0.3) is 0 Å². The van der Waals surface area contributed by atoms with Crippen molar-refractivity contribution >= 4 is 29.9 Å². The number of benzene rings is 1. The third kappa shape index (κ3) is 9.46. The fraction of sp³-hybridized carbons (Fsp3) is 0.400. The fourth-order valence-electron chi connectivity index (χ4n) is 2.21. The number of nitrogens with zero attached hydrogens (tertiary/aromatic N) is 2. The van der Waals surface area contributed by atoms with E-state index in [-0.39, 0.29) is 24.0 Å². The predicted octanol–water partition coefficient (Wildman–Crippen LogP) is 3.62. The molecule has 0 bridgehead atoms. The molecule has 27 heavy (non-hydrogen) atoms. The Hall–Kier alpha value is -2.03. The van der Waals surface area contributed by atoms with E-state index in [0.717, 1.165) is 36.7 Å². The predicted molar refractivity (Wildman–Crippen MR) is 120 cm³/mol. The Labute approximate surface area is 178 Å². The second kappa shape index (κ2) is 14.1. The van der Waals surface area contributed by atoms with Gasteiger partial charge in [-0.3, -0.25) is 4.99 Å². The summed E-state index contributed by atoms with van der Waals surface area (Å²) >= 11 is 0. The van der Waals surface area contributed by atoms with Crippen LogP contribution in [0.2, 0.25) is 0 Å². The number of guanidine groups is 1. The van der Waals surface area contributed by atoms with Crippen molar-refractivity contribution in [3.05, 3.63) is 54.2 Å². The van der Waals surface area contributed by atoms with Crippen LogP contribution in [-0.2, 0) is 6.54 Å². The third-order valence-corrected chi connectivity index (χ3v) is 3.65. The van der Waals surface area contributed by atoms with Gasteiger partial charge >= 0.3 is 0 Å². The molecule has 0 saturated carbocycles. The van der Waals surface area contributed by atoms with Gasteiger partial charge in [0.15, 0.2) is 5.96 Å². The van der Waals surface area contributed by atoms with Crippen molar-refractivity contribution in [1.29, 1.82) is 0 Å². The molecule has 0 radical (unpaired) electrons. The quantitative estimate of drug-likeness (QED) is 0.234. The molecule has 0 aliphatic heterocycles. The van der Waals surface area contributed by atoms with Crippen LogP contribution < -0.4 is 20.1 Å². The number of nitrogens with one attached hydrogen (secondary N) is 2. The molecule has 0 fully saturated rings. The minimum atomic E-state index is 0. The van der Waals surface area contributed by atoms with Crippen LogP contribution in [-0.4, -0.2) is 37.7 Å². The van der Waals surface area contributed by atoms with Crippen LogP contribution in [0.3, 0.4) is 0 Å². The average molecular weight is 484 g/mol. The lowest BCUT2D eigenvalue weighted by atomic mass is 10.3. The molecule has 1 aromatic carbocycles. The molecule has 148 valence electrons. The molecule has 0 saturated heterocycles. The summed E-state index contributed by atoms with van der Waals surface area (Å²) in [6.45, 7) is 4.69. The smallest absolute Gasteiger partial charge is 0.213 e. The second-order valence-electron chi connectivity index (χ2n) is 5.72. The zero-order valence-corrected chi connectivity index (χ0v) is 18.3. The number of hydrogen-bond donors (Lipinski definition) is 2. The molecule has 1 heterocycles. The van der Waals surface area contributed by atoms with E-state index in [9.17, 15) is 0 Å². The third-order valence-electron chi connectivity index (χ3n) is 3.65. The Morgan fingerprint density at radius 3 is 2.48 bits per heavy atom. The Bertz CT molecular complexity index is 651. The van der Waals surface area contributed by atoms with E-state index in [0.29, 0.717) is 25.6 Å². The number of hydrogen-bond acceptors (Lipinski definition) is 4. The first-order valence-electron chi connectivity index (χ1n) is 9.02. The van der Waals surface area contributed by atoms with Crippen LogP contribution in [0, 0.1) is 0 Å². The van der Waals surface area contributed by atoms with Gasteiger partial charge in [-0.2, -0.15) is 0 Å². The number of unbranched alkanes of at least 4 members (excludes halogenated alkanes) is 1. The van der Waals surface area contributed by atoms with Gasteiger partial charge in [0.1, 0.15) is 19.0 Å². The van der Waals surface area contributed by atoms with Crippen LogP contribution in [0.15, 0.2) is 53.7 Å². The maximum atomic E-state index is 5.60. The van der Waals surface area contributed by atoms with Crippen LogP contribution in [0.25, 0.3) is 0 Å². The standard InChI is InChI=1S/C20H28N4O2.HI/c1-3-4-12-22-20(21-2)24-16-17-10-11-19(23-15-17)26-14-13-25-18-8-6-5-7-9-18;/h5-11,15H,3-4,12-14,16H2,1-2H3,(H2,21,22,24);1H. The normalized spacial score (nSPS) is 10.7. The molecular formula is C20H29IN4O2. The number of rotatable bonds is 10. The summed E-state index contributed by atoms with van der Waals surface area (Å²) in [5.41, 5.74) is 1.07. The van der Waals surface area contributed by atoms with E-state index < -0.39 is 0 Å². The summed E-state index contributed by atoms with van der Waals surface area (Å²) in [6, 6.07) is 13.5. The fourth-order valence-corrected chi connectivity index (χ4v) is 2.21. The molecule has 2 rings (SSSR count). The summed E-state index contributed by atoms with van der Waals surface area (Å²) in [6.07, 6.45) is 4.09.